The molecule has 4 nitrogen and oxygen atoms in total. The van der Waals surface area contributed by atoms with E-state index in [1.807, 2.05) is 12.1 Å². The van der Waals surface area contributed by atoms with Crippen molar-refractivity contribution in [1.29, 1.82) is 0 Å². The lowest BCUT2D eigenvalue weighted by atomic mass is 9.70. The molecule has 0 saturated heterocycles. The van der Waals surface area contributed by atoms with Crippen LogP contribution in [-0.4, -0.2) is 11.7 Å². The predicted molar refractivity (Wildman–Crippen MR) is 64.6 cm³/mol. The Kier molecular flexibility index (Phi) is 2.02. The summed E-state index contributed by atoms with van der Waals surface area (Å²) >= 11 is 0. The molecule has 4 heteroatoms. The topological polar surface area (TPSA) is 72.2 Å². The highest BCUT2D eigenvalue weighted by atomic mass is 16.2. The van der Waals surface area contributed by atoms with Crippen LogP contribution in [0.4, 0.5) is 11.4 Å². The summed E-state index contributed by atoms with van der Waals surface area (Å²) < 4.78 is 0. The highest BCUT2D eigenvalue weighted by Gasteiger charge is 2.48. The van der Waals surface area contributed by atoms with E-state index in [2.05, 4.69) is 5.32 Å². The molecule has 17 heavy (non-hydrogen) atoms. The molecule has 3 rings (SSSR count). The number of hydrogen-bond acceptors (Lipinski definition) is 3. The van der Waals surface area contributed by atoms with E-state index in [-0.39, 0.29) is 11.7 Å². The van der Waals surface area contributed by atoms with Crippen LogP contribution < -0.4 is 11.1 Å². The lowest BCUT2D eigenvalue weighted by Gasteiger charge is -2.30. The van der Waals surface area contributed by atoms with E-state index in [1.54, 1.807) is 6.07 Å². The first kappa shape index (κ1) is 10.3. The molecule has 1 saturated carbocycles. The van der Waals surface area contributed by atoms with Crippen molar-refractivity contribution in [3.05, 3.63) is 23.8 Å². The molecule has 1 amide bonds. The fourth-order valence-electron chi connectivity index (χ4n) is 2.90. The quantitative estimate of drug-likeness (QED) is 0.665. The number of nitrogen functional groups attached to an aromatic ring is 1. The summed E-state index contributed by atoms with van der Waals surface area (Å²) in [7, 11) is 0. The molecule has 1 aliphatic carbocycles. The van der Waals surface area contributed by atoms with Gasteiger partial charge in [-0.2, -0.15) is 0 Å². The van der Waals surface area contributed by atoms with Gasteiger partial charge in [0.25, 0.3) is 0 Å². The van der Waals surface area contributed by atoms with E-state index in [9.17, 15) is 9.59 Å². The van der Waals surface area contributed by atoms with E-state index in [0.29, 0.717) is 31.4 Å². The van der Waals surface area contributed by atoms with Crippen LogP contribution in [0, 0.1) is 0 Å². The van der Waals surface area contributed by atoms with Crippen molar-refractivity contribution in [1.82, 2.24) is 0 Å². The Morgan fingerprint density at radius 2 is 1.88 bits per heavy atom. The van der Waals surface area contributed by atoms with Gasteiger partial charge in [-0.05, 0) is 30.5 Å². The lowest BCUT2D eigenvalue weighted by molar-refractivity contribution is -0.126. The maximum absolute atomic E-state index is 12.2. The first-order chi connectivity index (χ1) is 8.12. The number of Topliss-reactive ketones (excluding diaryl/α,β-unsaturated/α-hetero) is 1. The maximum atomic E-state index is 12.2. The van der Waals surface area contributed by atoms with E-state index in [4.69, 9.17) is 5.73 Å². The van der Waals surface area contributed by atoms with Crippen molar-refractivity contribution >= 4 is 23.1 Å². The summed E-state index contributed by atoms with van der Waals surface area (Å²) in [6.45, 7) is 0. The third-order valence-electron chi connectivity index (χ3n) is 3.90. The third-order valence-corrected chi connectivity index (χ3v) is 3.90. The van der Waals surface area contributed by atoms with Crippen molar-refractivity contribution in [2.45, 2.75) is 31.1 Å². The minimum Gasteiger partial charge on any atom is -0.399 e. The van der Waals surface area contributed by atoms with Gasteiger partial charge in [0, 0.05) is 24.2 Å². The number of nitrogens with two attached hydrogens (primary N) is 1. The Bertz CT molecular complexity index is 512. The number of ketones is 1. The van der Waals surface area contributed by atoms with Gasteiger partial charge in [0.2, 0.25) is 5.91 Å². The number of carbonyl (C=O) groups excluding carboxylic acids is 2. The van der Waals surface area contributed by atoms with Crippen LogP contribution in [0.1, 0.15) is 31.2 Å². The largest absolute Gasteiger partial charge is 0.399 e. The molecule has 3 N–H and O–H groups in total. The van der Waals surface area contributed by atoms with Crippen LogP contribution in [0.25, 0.3) is 0 Å². The monoisotopic (exact) mass is 230 g/mol. The molecule has 1 heterocycles. The van der Waals surface area contributed by atoms with Gasteiger partial charge < -0.3 is 11.1 Å². The van der Waals surface area contributed by atoms with Gasteiger partial charge in [-0.3, -0.25) is 9.59 Å². The molecule has 0 atom stereocenters. The number of anilines is 2. The molecule has 1 spiro atoms. The van der Waals surface area contributed by atoms with Crippen LogP contribution in [0.2, 0.25) is 0 Å². The third kappa shape index (κ3) is 1.37. The van der Waals surface area contributed by atoms with E-state index in [0.717, 1.165) is 11.3 Å². The average Bonchev–Trinajstić information content (AvgIpc) is 2.55. The van der Waals surface area contributed by atoms with Crippen molar-refractivity contribution in [3.63, 3.8) is 0 Å². The fraction of sp³-hybridized carbons (Fsp3) is 0.385. The van der Waals surface area contributed by atoms with Crippen LogP contribution in [0.15, 0.2) is 18.2 Å². The molecule has 0 bridgehead atoms. The fourth-order valence-corrected chi connectivity index (χ4v) is 2.90. The molecular formula is C13H14N2O2. The van der Waals surface area contributed by atoms with Gasteiger partial charge >= 0.3 is 0 Å². The molecule has 0 radical (unpaired) electrons. The standard InChI is InChI=1S/C13H14N2O2/c14-8-1-2-10-11(7-8)15-12(17)13(10)5-3-9(16)4-6-13/h1-2,7H,3-6,14H2,(H,15,17). The summed E-state index contributed by atoms with van der Waals surface area (Å²) in [5, 5.41) is 2.88. The van der Waals surface area contributed by atoms with Gasteiger partial charge in [0.05, 0.1) is 5.41 Å². The number of benzene rings is 1. The second-order valence-electron chi connectivity index (χ2n) is 4.88. The lowest BCUT2D eigenvalue weighted by Crippen LogP contribution is -2.38. The van der Waals surface area contributed by atoms with Gasteiger partial charge in [-0.15, -0.1) is 0 Å². The number of hydrogen-bond donors (Lipinski definition) is 2. The van der Waals surface area contributed by atoms with Gasteiger partial charge in [-0.1, -0.05) is 6.07 Å². The Morgan fingerprint density at radius 3 is 2.59 bits per heavy atom. The first-order valence-electron chi connectivity index (χ1n) is 5.85. The number of amides is 1. The minimum absolute atomic E-state index is 0.0191. The van der Waals surface area contributed by atoms with Gasteiger partial charge in [0.15, 0.2) is 0 Å². The van der Waals surface area contributed by atoms with Crippen molar-refractivity contribution in [3.8, 4) is 0 Å². The average molecular weight is 230 g/mol. The smallest absolute Gasteiger partial charge is 0.235 e. The summed E-state index contributed by atoms with van der Waals surface area (Å²) in [4.78, 5) is 23.5. The zero-order valence-corrected chi connectivity index (χ0v) is 9.45. The molecule has 1 aromatic carbocycles. The van der Waals surface area contributed by atoms with E-state index >= 15 is 0 Å². The van der Waals surface area contributed by atoms with Gasteiger partial charge in [0.1, 0.15) is 5.78 Å². The normalized spacial score (nSPS) is 21.4. The number of fused-ring (bicyclic) bond motifs is 2. The van der Waals surface area contributed by atoms with E-state index < -0.39 is 5.41 Å². The summed E-state index contributed by atoms with van der Waals surface area (Å²) in [5.74, 6) is 0.276. The molecule has 88 valence electrons. The molecule has 0 unspecified atom stereocenters. The minimum atomic E-state index is -0.489. The SMILES string of the molecule is Nc1ccc2c(c1)NC(=O)C21CCC(=O)CC1. The first-order valence-corrected chi connectivity index (χ1v) is 5.85. The molecule has 1 aromatic rings. The van der Waals surface area contributed by atoms with Crippen molar-refractivity contribution < 1.29 is 9.59 Å². The Hall–Kier alpha value is -1.84. The Morgan fingerprint density at radius 1 is 1.18 bits per heavy atom. The second-order valence-corrected chi connectivity index (χ2v) is 4.88. The summed E-state index contributed by atoms with van der Waals surface area (Å²) in [6.07, 6.45) is 2.23. The molecular weight excluding hydrogens is 216 g/mol. The number of rotatable bonds is 0. The van der Waals surface area contributed by atoms with E-state index in [1.165, 1.54) is 0 Å². The zero-order valence-electron chi connectivity index (χ0n) is 9.45. The summed E-state index contributed by atoms with van der Waals surface area (Å²) in [6, 6.07) is 5.52. The number of nitrogens with one attached hydrogen (secondary N) is 1. The number of carbonyl (C=O) groups is 2. The van der Waals surface area contributed by atoms with Crippen LogP contribution >= 0.6 is 0 Å². The highest BCUT2D eigenvalue weighted by molar-refractivity contribution is 6.07. The predicted octanol–water partition coefficient (Wildman–Crippen LogP) is 1.60. The molecule has 1 aliphatic heterocycles. The highest BCUT2D eigenvalue weighted by Crippen LogP contribution is 2.47. The molecule has 2 aliphatic rings. The van der Waals surface area contributed by atoms with Crippen LogP contribution in [0.3, 0.4) is 0 Å². The van der Waals surface area contributed by atoms with Crippen molar-refractivity contribution in [2.75, 3.05) is 11.1 Å². The van der Waals surface area contributed by atoms with Crippen LogP contribution in [0.5, 0.6) is 0 Å². The maximum Gasteiger partial charge on any atom is 0.235 e. The van der Waals surface area contributed by atoms with Gasteiger partial charge in [-0.25, -0.2) is 0 Å². The Labute approximate surface area is 99.2 Å². The molecule has 0 aromatic heterocycles. The van der Waals surface area contributed by atoms with Crippen molar-refractivity contribution in [2.24, 2.45) is 0 Å². The Balaban J connectivity index is 2.07. The second kappa shape index (κ2) is 3.32. The van der Waals surface area contributed by atoms with Crippen LogP contribution in [-0.2, 0) is 15.0 Å². The summed E-state index contributed by atoms with van der Waals surface area (Å²) in [5.41, 5.74) is 7.68. The zero-order chi connectivity index (χ0) is 12.0. The molecule has 1 fully saturated rings.